The molecule has 0 bridgehead atoms. The molecule has 4 aromatic rings. The van der Waals surface area contributed by atoms with Gasteiger partial charge in [0, 0.05) is 18.6 Å². The molecule has 1 saturated carbocycles. The van der Waals surface area contributed by atoms with Gasteiger partial charge in [-0.1, -0.05) is 6.07 Å². The molecular formula is C21H19F3N6O2S. The van der Waals surface area contributed by atoms with Crippen LogP contribution in [0.3, 0.4) is 0 Å². The molecule has 0 aliphatic heterocycles. The SMILES string of the molecule is O=S(=O)(CCC(c1ccc(-n2cc(-c3nc4cccnc4[nH]3)cn2)nc1)C(F)(F)F)C1CC1. The quantitative estimate of drug-likeness (QED) is 0.435. The van der Waals surface area contributed by atoms with E-state index in [4.69, 9.17) is 0 Å². The maximum absolute atomic E-state index is 13.6. The summed E-state index contributed by atoms with van der Waals surface area (Å²) in [5, 5.41) is 3.74. The van der Waals surface area contributed by atoms with Gasteiger partial charge < -0.3 is 4.98 Å². The first-order valence-corrected chi connectivity index (χ1v) is 12.0. The summed E-state index contributed by atoms with van der Waals surface area (Å²) in [6, 6.07) is 6.34. The number of aromatic amines is 1. The van der Waals surface area contributed by atoms with E-state index in [0.717, 1.165) is 6.20 Å². The Morgan fingerprint density at radius 3 is 2.64 bits per heavy atom. The molecule has 172 valence electrons. The number of imidazole rings is 1. The topological polar surface area (TPSA) is 106 Å². The van der Waals surface area contributed by atoms with E-state index in [-0.39, 0.29) is 5.56 Å². The van der Waals surface area contributed by atoms with Crippen molar-refractivity contribution in [3.05, 3.63) is 54.6 Å². The Morgan fingerprint density at radius 2 is 1.97 bits per heavy atom. The van der Waals surface area contributed by atoms with E-state index < -0.39 is 39.4 Å². The Hall–Kier alpha value is -3.28. The van der Waals surface area contributed by atoms with E-state index in [1.54, 1.807) is 24.7 Å². The first-order chi connectivity index (χ1) is 15.7. The van der Waals surface area contributed by atoms with E-state index in [0.29, 0.717) is 41.2 Å². The van der Waals surface area contributed by atoms with Crippen molar-refractivity contribution in [2.75, 3.05) is 5.75 Å². The highest BCUT2D eigenvalue weighted by Crippen LogP contribution is 2.39. The van der Waals surface area contributed by atoms with Crippen LogP contribution in [0.2, 0.25) is 0 Å². The molecule has 1 N–H and O–H groups in total. The fourth-order valence-electron chi connectivity index (χ4n) is 3.69. The van der Waals surface area contributed by atoms with Gasteiger partial charge in [-0.15, -0.1) is 0 Å². The fourth-order valence-corrected chi connectivity index (χ4v) is 5.44. The third-order valence-electron chi connectivity index (χ3n) is 5.64. The summed E-state index contributed by atoms with van der Waals surface area (Å²) in [6.45, 7) is 0. The van der Waals surface area contributed by atoms with Gasteiger partial charge in [0.25, 0.3) is 0 Å². The zero-order valence-electron chi connectivity index (χ0n) is 17.2. The normalized spacial score (nSPS) is 15.7. The van der Waals surface area contributed by atoms with Crippen LogP contribution in [-0.4, -0.2) is 55.3 Å². The van der Waals surface area contributed by atoms with Crippen LogP contribution in [0.15, 0.2) is 49.1 Å². The summed E-state index contributed by atoms with van der Waals surface area (Å²) in [5.74, 6) is -1.51. The Balaban J connectivity index is 1.36. The maximum Gasteiger partial charge on any atom is 0.395 e. The minimum atomic E-state index is -4.57. The summed E-state index contributed by atoms with van der Waals surface area (Å²) >= 11 is 0. The van der Waals surface area contributed by atoms with Crippen molar-refractivity contribution in [1.29, 1.82) is 0 Å². The highest BCUT2D eigenvalue weighted by atomic mass is 32.2. The molecule has 4 heterocycles. The third kappa shape index (κ3) is 4.47. The van der Waals surface area contributed by atoms with Crippen LogP contribution in [0.25, 0.3) is 28.4 Å². The number of sulfone groups is 1. The number of hydrogen-bond donors (Lipinski definition) is 1. The molecule has 0 amide bonds. The van der Waals surface area contributed by atoms with E-state index in [2.05, 4.69) is 25.0 Å². The van der Waals surface area contributed by atoms with Crippen molar-refractivity contribution in [2.45, 2.75) is 36.6 Å². The number of hydrogen-bond acceptors (Lipinski definition) is 6. The Morgan fingerprint density at radius 1 is 1.15 bits per heavy atom. The number of H-pyrrole nitrogens is 1. The lowest BCUT2D eigenvalue weighted by Crippen LogP contribution is -2.25. The first-order valence-electron chi connectivity index (χ1n) is 10.3. The van der Waals surface area contributed by atoms with E-state index in [9.17, 15) is 21.6 Å². The van der Waals surface area contributed by atoms with E-state index in [1.165, 1.54) is 16.8 Å². The number of fused-ring (bicyclic) bond motifs is 1. The van der Waals surface area contributed by atoms with Crippen molar-refractivity contribution >= 4 is 21.0 Å². The summed E-state index contributed by atoms with van der Waals surface area (Å²) < 4.78 is 66.5. The fraction of sp³-hybridized carbons (Fsp3) is 0.333. The van der Waals surface area contributed by atoms with Crippen molar-refractivity contribution in [3.8, 4) is 17.2 Å². The minimum Gasteiger partial charge on any atom is -0.323 e. The molecule has 4 aromatic heterocycles. The van der Waals surface area contributed by atoms with Gasteiger partial charge in [-0.25, -0.2) is 28.1 Å². The molecule has 1 aliphatic carbocycles. The molecule has 12 heteroatoms. The van der Waals surface area contributed by atoms with Crippen LogP contribution in [0.1, 0.15) is 30.7 Å². The van der Waals surface area contributed by atoms with Gasteiger partial charge in [0.1, 0.15) is 11.3 Å². The standard InChI is InChI=1S/C21H19F3N6O2S/c22-21(23,24)16(7-9-33(31,32)15-4-5-15)13-3-6-18(26-10-13)30-12-14(11-27-30)19-28-17-2-1-8-25-20(17)29-19/h1-3,6,8,10-12,15-16H,4-5,7,9H2,(H,25,28,29). The lowest BCUT2D eigenvalue weighted by atomic mass is 9.97. The van der Waals surface area contributed by atoms with Crippen LogP contribution in [0.4, 0.5) is 13.2 Å². The molecular weight excluding hydrogens is 457 g/mol. The van der Waals surface area contributed by atoms with E-state index >= 15 is 0 Å². The smallest absolute Gasteiger partial charge is 0.323 e. The third-order valence-corrected chi connectivity index (χ3v) is 7.93. The van der Waals surface area contributed by atoms with Gasteiger partial charge in [0.05, 0.1) is 28.7 Å². The van der Waals surface area contributed by atoms with Gasteiger partial charge in [0.15, 0.2) is 21.3 Å². The average molecular weight is 476 g/mol. The van der Waals surface area contributed by atoms with Crippen molar-refractivity contribution < 1.29 is 21.6 Å². The second-order valence-corrected chi connectivity index (χ2v) is 10.4. The van der Waals surface area contributed by atoms with Gasteiger partial charge in [-0.2, -0.15) is 18.3 Å². The second-order valence-electron chi connectivity index (χ2n) is 8.03. The highest BCUT2D eigenvalue weighted by Gasteiger charge is 2.43. The number of aromatic nitrogens is 6. The van der Waals surface area contributed by atoms with Crippen molar-refractivity contribution in [1.82, 2.24) is 29.7 Å². The molecule has 0 saturated heterocycles. The lowest BCUT2D eigenvalue weighted by Gasteiger charge is -2.20. The van der Waals surface area contributed by atoms with Crippen molar-refractivity contribution in [2.24, 2.45) is 0 Å². The molecule has 8 nitrogen and oxygen atoms in total. The van der Waals surface area contributed by atoms with E-state index in [1.807, 2.05) is 6.07 Å². The number of nitrogens with zero attached hydrogens (tertiary/aromatic N) is 5. The summed E-state index contributed by atoms with van der Waals surface area (Å²) in [4.78, 5) is 15.9. The first kappa shape index (κ1) is 21.6. The molecule has 1 unspecified atom stereocenters. The van der Waals surface area contributed by atoms with Gasteiger partial charge >= 0.3 is 6.18 Å². The molecule has 0 spiro atoms. The predicted molar refractivity (Wildman–Crippen MR) is 114 cm³/mol. The number of pyridine rings is 2. The number of halogens is 3. The zero-order chi connectivity index (χ0) is 23.2. The predicted octanol–water partition coefficient (Wildman–Crippen LogP) is 3.82. The monoisotopic (exact) mass is 476 g/mol. The summed E-state index contributed by atoms with van der Waals surface area (Å²) in [5.41, 5.74) is 1.92. The van der Waals surface area contributed by atoms with Crippen LogP contribution < -0.4 is 0 Å². The van der Waals surface area contributed by atoms with Crippen LogP contribution >= 0.6 is 0 Å². The minimum absolute atomic E-state index is 0.0759. The second kappa shape index (κ2) is 7.94. The Kier molecular flexibility index (Phi) is 5.19. The Bertz CT molecular complexity index is 1360. The summed E-state index contributed by atoms with van der Waals surface area (Å²) in [7, 11) is -3.48. The van der Waals surface area contributed by atoms with Gasteiger partial charge in [-0.05, 0) is 43.0 Å². The molecule has 1 aliphatic rings. The van der Waals surface area contributed by atoms with Crippen LogP contribution in [-0.2, 0) is 9.84 Å². The highest BCUT2D eigenvalue weighted by molar-refractivity contribution is 7.92. The molecule has 0 radical (unpaired) electrons. The van der Waals surface area contributed by atoms with Crippen LogP contribution in [0.5, 0.6) is 0 Å². The van der Waals surface area contributed by atoms with Crippen LogP contribution in [0, 0.1) is 0 Å². The van der Waals surface area contributed by atoms with Gasteiger partial charge in [-0.3, -0.25) is 0 Å². The number of rotatable bonds is 7. The zero-order valence-corrected chi connectivity index (χ0v) is 18.0. The molecule has 1 atom stereocenters. The average Bonchev–Trinajstić information content (AvgIpc) is 3.38. The molecule has 1 fully saturated rings. The lowest BCUT2D eigenvalue weighted by molar-refractivity contribution is -0.150. The number of alkyl halides is 3. The molecule has 0 aromatic carbocycles. The maximum atomic E-state index is 13.6. The van der Waals surface area contributed by atoms with Gasteiger partial charge in [0.2, 0.25) is 0 Å². The Labute approximate surface area is 186 Å². The summed E-state index contributed by atoms with van der Waals surface area (Å²) in [6.07, 6.45) is 1.97. The molecule has 33 heavy (non-hydrogen) atoms. The largest absolute Gasteiger partial charge is 0.395 e. The number of nitrogens with one attached hydrogen (secondary N) is 1. The van der Waals surface area contributed by atoms with Crippen molar-refractivity contribution in [3.63, 3.8) is 0 Å². The molecule has 5 rings (SSSR count).